The molecule has 1 N–H and O–H groups in total. The quantitative estimate of drug-likeness (QED) is 0.304. The second kappa shape index (κ2) is 10.0. The van der Waals surface area contributed by atoms with Gasteiger partial charge in [-0.25, -0.2) is 0 Å². The number of hydrogen-bond acceptors (Lipinski definition) is 6. The molecule has 0 saturated carbocycles. The number of rotatable bonds is 7. The van der Waals surface area contributed by atoms with Gasteiger partial charge in [-0.15, -0.1) is 0 Å². The summed E-state index contributed by atoms with van der Waals surface area (Å²) in [4.78, 5) is 32.1. The number of aromatic nitrogens is 1. The van der Waals surface area contributed by atoms with E-state index < -0.39 is 17.7 Å². The SMILES string of the molecule is CCOc1ccc(C2C(=C(O)c3cc(C)ccc3C)C(=O)C(=O)N2Cc2ccncc2)cc1OC. The number of methoxy groups -OCH3 is 1. The molecule has 0 bridgehead atoms. The molecular formula is C28H28N2O5. The zero-order chi connectivity index (χ0) is 25.1. The predicted octanol–water partition coefficient (Wildman–Crippen LogP) is 4.73. The highest BCUT2D eigenvalue weighted by Gasteiger charge is 2.46. The maximum atomic E-state index is 13.3. The molecule has 180 valence electrons. The van der Waals surface area contributed by atoms with Crippen molar-refractivity contribution in [2.24, 2.45) is 0 Å². The first-order valence-electron chi connectivity index (χ1n) is 11.4. The molecule has 3 aromatic rings. The summed E-state index contributed by atoms with van der Waals surface area (Å²) in [6.45, 7) is 6.28. The van der Waals surface area contributed by atoms with Gasteiger partial charge in [0.2, 0.25) is 0 Å². The Morgan fingerprint density at radius 3 is 2.46 bits per heavy atom. The highest BCUT2D eigenvalue weighted by molar-refractivity contribution is 6.46. The van der Waals surface area contributed by atoms with E-state index in [1.807, 2.05) is 39.0 Å². The summed E-state index contributed by atoms with van der Waals surface area (Å²) in [7, 11) is 1.53. The van der Waals surface area contributed by atoms with Gasteiger partial charge in [0, 0.05) is 24.5 Å². The lowest BCUT2D eigenvalue weighted by atomic mass is 9.93. The van der Waals surface area contributed by atoms with Crippen LogP contribution >= 0.6 is 0 Å². The fraction of sp³-hybridized carbons (Fsp3) is 0.250. The highest BCUT2D eigenvalue weighted by Crippen LogP contribution is 2.43. The Bertz CT molecular complexity index is 1300. The second-order valence-electron chi connectivity index (χ2n) is 8.44. The summed E-state index contributed by atoms with van der Waals surface area (Å²) in [5.74, 6) is -0.564. The van der Waals surface area contributed by atoms with Gasteiger partial charge in [-0.05, 0) is 67.8 Å². The van der Waals surface area contributed by atoms with E-state index in [2.05, 4.69) is 4.98 Å². The minimum atomic E-state index is -0.812. The number of Topliss-reactive ketones (excluding diaryl/α,β-unsaturated/α-hetero) is 1. The van der Waals surface area contributed by atoms with Crippen molar-refractivity contribution in [1.29, 1.82) is 0 Å². The van der Waals surface area contributed by atoms with Gasteiger partial charge in [0.05, 0.1) is 25.3 Å². The van der Waals surface area contributed by atoms with Crippen molar-refractivity contribution in [3.8, 4) is 11.5 Å². The van der Waals surface area contributed by atoms with E-state index in [0.717, 1.165) is 16.7 Å². The minimum Gasteiger partial charge on any atom is -0.507 e. The summed E-state index contributed by atoms with van der Waals surface area (Å²) < 4.78 is 11.2. The van der Waals surface area contributed by atoms with Crippen LogP contribution in [0, 0.1) is 13.8 Å². The number of pyridine rings is 1. The number of hydrogen-bond donors (Lipinski definition) is 1. The second-order valence-corrected chi connectivity index (χ2v) is 8.44. The summed E-state index contributed by atoms with van der Waals surface area (Å²) in [6.07, 6.45) is 3.27. The predicted molar refractivity (Wildman–Crippen MR) is 132 cm³/mol. The number of carbonyl (C=O) groups is 2. The molecule has 1 atom stereocenters. The fourth-order valence-corrected chi connectivity index (χ4v) is 4.34. The third-order valence-corrected chi connectivity index (χ3v) is 6.09. The summed E-state index contributed by atoms with van der Waals surface area (Å²) >= 11 is 0. The van der Waals surface area contributed by atoms with Crippen LogP contribution in [-0.4, -0.2) is 40.4 Å². The van der Waals surface area contributed by atoms with Crippen LogP contribution in [0.5, 0.6) is 11.5 Å². The Kier molecular flexibility index (Phi) is 6.87. The lowest BCUT2D eigenvalue weighted by Gasteiger charge is -2.26. The van der Waals surface area contributed by atoms with E-state index in [9.17, 15) is 14.7 Å². The third-order valence-electron chi connectivity index (χ3n) is 6.09. The molecule has 1 fully saturated rings. The number of ether oxygens (including phenoxy) is 2. The maximum Gasteiger partial charge on any atom is 0.295 e. The van der Waals surface area contributed by atoms with Crippen molar-refractivity contribution in [2.75, 3.05) is 13.7 Å². The molecule has 0 aliphatic carbocycles. The molecular weight excluding hydrogens is 444 g/mol. The summed E-state index contributed by atoms with van der Waals surface area (Å²) in [5, 5.41) is 11.4. The molecule has 1 unspecified atom stereocenters. The molecule has 0 radical (unpaired) electrons. The number of benzene rings is 2. The first kappa shape index (κ1) is 24.0. The Balaban J connectivity index is 1.91. The molecule has 7 heteroatoms. The van der Waals surface area contributed by atoms with Gasteiger partial charge in [-0.3, -0.25) is 14.6 Å². The van der Waals surface area contributed by atoms with E-state index >= 15 is 0 Å². The van der Waals surface area contributed by atoms with Crippen molar-refractivity contribution in [3.05, 3.63) is 94.3 Å². The van der Waals surface area contributed by atoms with Crippen molar-refractivity contribution in [1.82, 2.24) is 9.88 Å². The van der Waals surface area contributed by atoms with Crippen LogP contribution in [0.25, 0.3) is 5.76 Å². The number of amides is 1. The van der Waals surface area contributed by atoms with Crippen LogP contribution in [0.15, 0.2) is 66.5 Å². The van der Waals surface area contributed by atoms with E-state index in [1.165, 1.54) is 12.0 Å². The number of aliphatic hydroxyl groups is 1. The molecule has 35 heavy (non-hydrogen) atoms. The standard InChI is InChI=1S/C28H28N2O5/c1-5-35-22-9-8-20(15-23(22)34-4)25-24(26(31)21-14-17(2)6-7-18(21)3)27(32)28(33)30(25)16-19-10-12-29-13-11-19/h6-15,25,31H,5,16H2,1-4H3. The van der Waals surface area contributed by atoms with Gasteiger partial charge in [0.15, 0.2) is 11.5 Å². The Morgan fingerprint density at radius 2 is 1.77 bits per heavy atom. The van der Waals surface area contributed by atoms with Gasteiger partial charge in [0.25, 0.3) is 11.7 Å². The normalized spacial score (nSPS) is 17.0. The van der Waals surface area contributed by atoms with Gasteiger partial charge in [-0.2, -0.15) is 0 Å². The van der Waals surface area contributed by atoms with Crippen LogP contribution in [-0.2, 0) is 16.1 Å². The van der Waals surface area contributed by atoms with Gasteiger partial charge >= 0.3 is 0 Å². The maximum absolute atomic E-state index is 13.3. The fourth-order valence-electron chi connectivity index (χ4n) is 4.34. The molecule has 0 spiro atoms. The summed E-state index contributed by atoms with van der Waals surface area (Å²) in [5.41, 5.74) is 3.75. The number of carbonyl (C=O) groups excluding carboxylic acids is 2. The Morgan fingerprint density at radius 1 is 1.03 bits per heavy atom. The van der Waals surface area contributed by atoms with Gasteiger partial charge < -0.3 is 19.5 Å². The monoisotopic (exact) mass is 472 g/mol. The average molecular weight is 473 g/mol. The van der Waals surface area contributed by atoms with Crippen LogP contribution in [0.2, 0.25) is 0 Å². The Labute approximate surface area is 204 Å². The first-order chi connectivity index (χ1) is 16.8. The zero-order valence-corrected chi connectivity index (χ0v) is 20.2. The lowest BCUT2D eigenvalue weighted by Crippen LogP contribution is -2.29. The average Bonchev–Trinajstić information content (AvgIpc) is 3.11. The molecule has 4 rings (SSSR count). The smallest absolute Gasteiger partial charge is 0.295 e. The number of ketones is 1. The van der Waals surface area contributed by atoms with Crippen LogP contribution < -0.4 is 9.47 Å². The molecule has 2 heterocycles. The summed E-state index contributed by atoms with van der Waals surface area (Å²) in [6, 6.07) is 13.7. The van der Waals surface area contributed by atoms with Crippen molar-refractivity contribution in [3.63, 3.8) is 0 Å². The number of likely N-dealkylation sites (tertiary alicyclic amines) is 1. The zero-order valence-electron chi connectivity index (χ0n) is 20.2. The minimum absolute atomic E-state index is 0.0453. The van der Waals surface area contributed by atoms with E-state index in [0.29, 0.717) is 29.2 Å². The first-order valence-corrected chi connectivity index (χ1v) is 11.4. The van der Waals surface area contributed by atoms with E-state index in [4.69, 9.17) is 9.47 Å². The molecule has 1 saturated heterocycles. The van der Waals surface area contributed by atoms with Crippen LogP contribution in [0.4, 0.5) is 0 Å². The largest absolute Gasteiger partial charge is 0.507 e. The number of nitrogens with zero attached hydrogens (tertiary/aromatic N) is 2. The van der Waals surface area contributed by atoms with Crippen LogP contribution in [0.1, 0.15) is 40.8 Å². The van der Waals surface area contributed by atoms with Crippen molar-refractivity contribution >= 4 is 17.4 Å². The van der Waals surface area contributed by atoms with Gasteiger partial charge in [0.1, 0.15) is 5.76 Å². The number of aliphatic hydroxyl groups excluding tert-OH is 1. The lowest BCUT2D eigenvalue weighted by molar-refractivity contribution is -0.140. The molecule has 1 aromatic heterocycles. The molecule has 1 aliphatic heterocycles. The molecule has 2 aromatic carbocycles. The molecule has 7 nitrogen and oxygen atoms in total. The van der Waals surface area contributed by atoms with Crippen molar-refractivity contribution < 1.29 is 24.2 Å². The van der Waals surface area contributed by atoms with Crippen LogP contribution in [0.3, 0.4) is 0 Å². The topological polar surface area (TPSA) is 89.0 Å². The molecule has 1 aliphatic rings. The highest BCUT2D eigenvalue weighted by atomic mass is 16.5. The third kappa shape index (κ3) is 4.62. The van der Waals surface area contributed by atoms with E-state index in [-0.39, 0.29) is 17.9 Å². The molecule has 1 amide bonds. The number of aryl methyl sites for hydroxylation is 2. The Hall–Kier alpha value is -4.13. The van der Waals surface area contributed by atoms with Gasteiger partial charge in [-0.1, -0.05) is 23.8 Å². The van der Waals surface area contributed by atoms with Crippen molar-refractivity contribution in [2.45, 2.75) is 33.4 Å². The van der Waals surface area contributed by atoms with E-state index in [1.54, 1.807) is 42.7 Å².